The molecule has 2 aromatic rings. The lowest BCUT2D eigenvalue weighted by molar-refractivity contribution is -0.115. The smallest absolute Gasteiger partial charge is 0.230 e. The van der Waals surface area contributed by atoms with E-state index in [-0.39, 0.29) is 5.91 Å². The second kappa shape index (κ2) is 7.42. The minimum absolute atomic E-state index is 0.0180. The average Bonchev–Trinajstić information content (AvgIpc) is 2.97. The molecule has 0 radical (unpaired) electrons. The summed E-state index contributed by atoms with van der Waals surface area (Å²) in [4.78, 5) is 21.0. The van der Waals surface area contributed by atoms with Crippen molar-refractivity contribution in [1.29, 1.82) is 0 Å². The molecule has 1 atom stereocenters. The van der Waals surface area contributed by atoms with Crippen LogP contribution in [0.5, 0.6) is 0 Å². The number of amides is 1. The predicted molar refractivity (Wildman–Crippen MR) is 98.9 cm³/mol. The maximum Gasteiger partial charge on any atom is 0.230 e. The third-order valence-electron chi connectivity index (χ3n) is 4.18. The number of hydrogen-bond acceptors (Lipinski definition) is 5. The van der Waals surface area contributed by atoms with E-state index in [0.29, 0.717) is 6.04 Å². The first-order chi connectivity index (χ1) is 11.5. The Morgan fingerprint density at radius 2 is 2.17 bits per heavy atom. The zero-order chi connectivity index (χ0) is 17.1. The van der Waals surface area contributed by atoms with Crippen LogP contribution < -0.4 is 10.2 Å². The fraction of sp³-hybridized carbons (Fsp3) is 0.444. The largest absolute Gasteiger partial charge is 0.312 e. The van der Waals surface area contributed by atoms with Gasteiger partial charge in [-0.15, -0.1) is 11.3 Å². The minimum atomic E-state index is -0.0180. The highest BCUT2D eigenvalue weighted by Gasteiger charge is 2.20. The normalized spacial score (nSPS) is 18.5. The van der Waals surface area contributed by atoms with E-state index >= 15 is 0 Å². The second-order valence-electron chi connectivity index (χ2n) is 6.40. The zero-order valence-corrected chi connectivity index (χ0v) is 15.3. The molecule has 128 valence electrons. The summed E-state index contributed by atoms with van der Waals surface area (Å²) < 4.78 is 0. The molecule has 5 nitrogen and oxygen atoms in total. The molecule has 0 unspecified atom stereocenters. The van der Waals surface area contributed by atoms with Crippen LogP contribution in [0.25, 0.3) is 0 Å². The Kier molecular flexibility index (Phi) is 5.28. The van der Waals surface area contributed by atoms with Crippen molar-refractivity contribution in [3.8, 4) is 0 Å². The summed E-state index contributed by atoms with van der Waals surface area (Å²) in [5, 5.41) is 6.25. The molecule has 0 bridgehead atoms. The van der Waals surface area contributed by atoms with Gasteiger partial charge in [-0.25, -0.2) is 4.98 Å². The van der Waals surface area contributed by atoms with Crippen molar-refractivity contribution in [1.82, 2.24) is 15.2 Å². The molecule has 0 spiro atoms. The van der Waals surface area contributed by atoms with Crippen molar-refractivity contribution in [2.75, 3.05) is 24.5 Å². The van der Waals surface area contributed by atoms with E-state index < -0.39 is 0 Å². The molecule has 0 aliphatic carbocycles. The van der Waals surface area contributed by atoms with Gasteiger partial charge in [0.05, 0.1) is 11.4 Å². The summed E-state index contributed by atoms with van der Waals surface area (Å²) in [6.45, 7) is 9.74. The fourth-order valence-corrected chi connectivity index (χ4v) is 3.86. The maximum atomic E-state index is 12.1. The number of benzene rings is 1. The lowest BCUT2D eigenvalue weighted by Gasteiger charge is -2.31. The van der Waals surface area contributed by atoms with Crippen molar-refractivity contribution in [2.45, 2.75) is 33.4 Å². The summed E-state index contributed by atoms with van der Waals surface area (Å²) in [5.74, 6) is -0.0180. The van der Waals surface area contributed by atoms with Gasteiger partial charge in [0.15, 0.2) is 5.13 Å². The van der Waals surface area contributed by atoms with Crippen LogP contribution in [0.3, 0.4) is 0 Å². The van der Waals surface area contributed by atoms with Crippen molar-refractivity contribution < 1.29 is 4.79 Å². The molecule has 0 saturated carbocycles. The van der Waals surface area contributed by atoms with Gasteiger partial charge in [-0.2, -0.15) is 0 Å². The Morgan fingerprint density at radius 3 is 2.83 bits per heavy atom. The van der Waals surface area contributed by atoms with E-state index in [1.54, 1.807) is 11.8 Å². The van der Waals surface area contributed by atoms with Crippen LogP contribution in [0, 0.1) is 6.92 Å². The van der Waals surface area contributed by atoms with Crippen LogP contribution in [0.15, 0.2) is 29.6 Å². The molecule has 1 aliphatic rings. The van der Waals surface area contributed by atoms with E-state index in [2.05, 4.69) is 22.5 Å². The number of aromatic nitrogens is 1. The average molecular weight is 344 g/mol. The summed E-state index contributed by atoms with van der Waals surface area (Å²) in [6.07, 6.45) is 0. The summed E-state index contributed by atoms with van der Waals surface area (Å²) in [5.41, 5.74) is 3.07. The highest BCUT2D eigenvalue weighted by atomic mass is 32.1. The van der Waals surface area contributed by atoms with E-state index in [9.17, 15) is 4.79 Å². The van der Waals surface area contributed by atoms with Crippen molar-refractivity contribution in [2.24, 2.45) is 0 Å². The third kappa shape index (κ3) is 4.01. The van der Waals surface area contributed by atoms with Crippen LogP contribution in [0.4, 0.5) is 10.8 Å². The number of nitrogens with one attached hydrogen (secondary N) is 1. The van der Waals surface area contributed by atoms with Gasteiger partial charge in [-0.1, -0.05) is 17.7 Å². The van der Waals surface area contributed by atoms with Gasteiger partial charge >= 0.3 is 0 Å². The monoisotopic (exact) mass is 344 g/mol. The van der Waals surface area contributed by atoms with Crippen LogP contribution in [0.2, 0.25) is 0 Å². The van der Waals surface area contributed by atoms with Gasteiger partial charge < -0.3 is 5.32 Å². The van der Waals surface area contributed by atoms with Crippen molar-refractivity contribution in [3.05, 3.63) is 40.9 Å². The number of anilines is 2. The number of hydrogen-bond donors (Lipinski definition) is 1. The third-order valence-corrected chi connectivity index (χ3v) is 5.05. The summed E-state index contributed by atoms with van der Waals surface area (Å²) in [7, 11) is 0. The standard InChI is InChI=1S/C18H24N4OS/c1-13-4-6-17(7-5-13)22(15(3)23)18-20-16(12-24-18)11-21-9-8-19-14(2)10-21/h4-7,12,14,19H,8-11H2,1-3H3/t14-/m1/s1. The first-order valence-corrected chi connectivity index (χ1v) is 9.18. The van der Waals surface area contributed by atoms with E-state index in [4.69, 9.17) is 4.98 Å². The minimum Gasteiger partial charge on any atom is -0.312 e. The molecule has 24 heavy (non-hydrogen) atoms. The lowest BCUT2D eigenvalue weighted by Crippen LogP contribution is -2.48. The Morgan fingerprint density at radius 1 is 1.42 bits per heavy atom. The molecule has 3 rings (SSSR count). The molecular formula is C18H24N4OS. The molecule has 1 saturated heterocycles. The first-order valence-electron chi connectivity index (χ1n) is 8.30. The molecule has 1 aromatic heterocycles. The molecule has 1 aromatic carbocycles. The number of carbonyl (C=O) groups excluding carboxylic acids is 1. The molecule has 1 fully saturated rings. The fourth-order valence-electron chi connectivity index (χ4n) is 2.98. The number of carbonyl (C=O) groups is 1. The maximum absolute atomic E-state index is 12.1. The Bertz CT molecular complexity index is 697. The Labute approximate surface area is 147 Å². The van der Waals surface area contributed by atoms with Crippen LogP contribution in [-0.2, 0) is 11.3 Å². The van der Waals surface area contributed by atoms with Crippen molar-refractivity contribution in [3.63, 3.8) is 0 Å². The quantitative estimate of drug-likeness (QED) is 0.926. The lowest BCUT2D eigenvalue weighted by atomic mass is 10.2. The van der Waals surface area contributed by atoms with E-state index in [1.807, 2.05) is 31.2 Å². The van der Waals surface area contributed by atoms with Gasteiger partial charge in [-0.3, -0.25) is 14.6 Å². The van der Waals surface area contributed by atoms with Gasteiger partial charge in [0.1, 0.15) is 0 Å². The van der Waals surface area contributed by atoms with Gasteiger partial charge in [0.2, 0.25) is 5.91 Å². The molecule has 6 heteroatoms. The van der Waals surface area contributed by atoms with Gasteiger partial charge in [-0.05, 0) is 26.0 Å². The molecule has 1 N–H and O–H groups in total. The van der Waals surface area contributed by atoms with Crippen LogP contribution in [0.1, 0.15) is 25.1 Å². The predicted octanol–water partition coefficient (Wildman–Crippen LogP) is 2.93. The number of rotatable bonds is 4. The second-order valence-corrected chi connectivity index (χ2v) is 7.24. The van der Waals surface area contributed by atoms with E-state index in [0.717, 1.165) is 42.7 Å². The topological polar surface area (TPSA) is 48.5 Å². The highest BCUT2D eigenvalue weighted by molar-refractivity contribution is 7.14. The number of piperazine rings is 1. The van der Waals surface area contributed by atoms with E-state index in [1.165, 1.54) is 16.9 Å². The molecule has 1 aliphatic heterocycles. The number of thiazole rings is 1. The molecular weight excluding hydrogens is 320 g/mol. The molecule has 1 amide bonds. The Balaban J connectivity index is 1.76. The van der Waals surface area contributed by atoms with Gasteiger partial charge in [0.25, 0.3) is 0 Å². The first kappa shape index (κ1) is 17.1. The summed E-state index contributed by atoms with van der Waals surface area (Å²) in [6, 6.07) is 8.48. The van der Waals surface area contributed by atoms with Crippen LogP contribution >= 0.6 is 11.3 Å². The number of nitrogens with zero attached hydrogens (tertiary/aromatic N) is 3. The number of aryl methyl sites for hydroxylation is 1. The highest BCUT2D eigenvalue weighted by Crippen LogP contribution is 2.29. The summed E-state index contributed by atoms with van der Waals surface area (Å²) >= 11 is 1.53. The van der Waals surface area contributed by atoms with Crippen molar-refractivity contribution >= 4 is 28.1 Å². The Hall–Kier alpha value is -1.76. The molecule has 2 heterocycles. The van der Waals surface area contributed by atoms with Gasteiger partial charge in [0, 0.05) is 44.5 Å². The van der Waals surface area contributed by atoms with Crippen LogP contribution in [-0.4, -0.2) is 41.5 Å². The zero-order valence-electron chi connectivity index (χ0n) is 14.5. The SMILES string of the molecule is CC(=O)N(c1ccc(C)cc1)c1nc(CN2CCN[C@H](C)C2)cs1.